The molecule has 1 aromatic heterocycles. The van der Waals surface area contributed by atoms with E-state index in [4.69, 9.17) is 32.8 Å². The van der Waals surface area contributed by atoms with Gasteiger partial charge >= 0.3 is 23.9 Å². The Morgan fingerprint density at radius 2 is 1.41 bits per heavy atom. The van der Waals surface area contributed by atoms with E-state index in [2.05, 4.69) is 0 Å². The highest BCUT2D eigenvalue weighted by molar-refractivity contribution is 5.82. The summed E-state index contributed by atoms with van der Waals surface area (Å²) in [5.74, 6) is -2.77. The van der Waals surface area contributed by atoms with Crippen LogP contribution in [0.3, 0.4) is 0 Å². The maximum atomic E-state index is 13.1. The Labute approximate surface area is 234 Å². The predicted molar refractivity (Wildman–Crippen MR) is 141 cm³/mol. The summed E-state index contributed by atoms with van der Waals surface area (Å²) in [7, 11) is 0. The van der Waals surface area contributed by atoms with E-state index in [9.17, 15) is 24.0 Å². The minimum atomic E-state index is -1.43. The first-order chi connectivity index (χ1) is 19.5. The molecule has 12 heteroatoms. The lowest BCUT2D eigenvalue weighted by molar-refractivity contribution is -0.288. The lowest BCUT2D eigenvalue weighted by atomic mass is 9.98. The monoisotopic (exact) mass is 568 g/mol. The van der Waals surface area contributed by atoms with Crippen molar-refractivity contribution in [2.45, 2.75) is 58.4 Å². The topological polar surface area (TPSA) is 154 Å². The summed E-state index contributed by atoms with van der Waals surface area (Å²) in [6, 6.07) is 13.5. The molecule has 0 saturated carbocycles. The van der Waals surface area contributed by atoms with E-state index in [1.165, 1.54) is 31.4 Å². The molecule has 0 amide bonds. The molecule has 1 fully saturated rings. The molecule has 0 bridgehead atoms. The Bertz CT molecular complexity index is 1490. The smallest absolute Gasteiger partial charge is 0.303 e. The fraction of sp³-hybridized carbons (Fsp3) is 0.345. The van der Waals surface area contributed by atoms with Crippen molar-refractivity contribution in [3.05, 3.63) is 65.0 Å². The van der Waals surface area contributed by atoms with Crippen molar-refractivity contribution >= 4 is 34.8 Å². The molecule has 2 aromatic carbocycles. The van der Waals surface area contributed by atoms with Crippen LogP contribution in [0.25, 0.3) is 22.1 Å². The van der Waals surface area contributed by atoms with Crippen molar-refractivity contribution in [2.75, 3.05) is 6.61 Å². The normalized spacial score (nSPS) is 21.9. The average molecular weight is 569 g/mol. The zero-order chi connectivity index (χ0) is 29.7. The van der Waals surface area contributed by atoms with Crippen LogP contribution in [0.2, 0.25) is 0 Å². The largest absolute Gasteiger partial charge is 0.463 e. The fourth-order valence-corrected chi connectivity index (χ4v) is 4.42. The summed E-state index contributed by atoms with van der Waals surface area (Å²) >= 11 is 0. The molecule has 12 nitrogen and oxygen atoms in total. The number of carbonyl (C=O) groups excluding carboxylic acids is 4. The third-order valence-electron chi connectivity index (χ3n) is 6.03. The van der Waals surface area contributed by atoms with E-state index in [1.807, 2.05) is 18.2 Å². The molecule has 1 aliphatic rings. The van der Waals surface area contributed by atoms with Crippen LogP contribution in [-0.2, 0) is 42.9 Å². The van der Waals surface area contributed by atoms with Crippen molar-refractivity contribution in [1.82, 2.24) is 0 Å². The molecule has 3 aromatic rings. The van der Waals surface area contributed by atoms with Gasteiger partial charge in [0.15, 0.2) is 17.6 Å². The average Bonchev–Trinajstić information content (AvgIpc) is 2.91. The molecule has 1 saturated heterocycles. The highest BCUT2D eigenvalue weighted by Gasteiger charge is 2.53. The van der Waals surface area contributed by atoms with E-state index in [0.717, 1.165) is 20.8 Å². The molecular weight excluding hydrogens is 540 g/mol. The third-order valence-corrected chi connectivity index (χ3v) is 6.03. The van der Waals surface area contributed by atoms with Crippen molar-refractivity contribution < 1.29 is 52.0 Å². The van der Waals surface area contributed by atoms with Gasteiger partial charge in [0.25, 0.3) is 0 Å². The van der Waals surface area contributed by atoms with Crippen LogP contribution >= 0.6 is 0 Å². The van der Waals surface area contributed by atoms with Gasteiger partial charge in [0.1, 0.15) is 30.3 Å². The Hall–Kier alpha value is -4.71. The molecule has 216 valence electrons. The van der Waals surface area contributed by atoms with Crippen LogP contribution in [0.15, 0.2) is 64.0 Å². The highest BCUT2D eigenvalue weighted by Crippen LogP contribution is 2.32. The molecular formula is C29H28O12. The van der Waals surface area contributed by atoms with Crippen LogP contribution in [0, 0.1) is 0 Å². The van der Waals surface area contributed by atoms with Crippen molar-refractivity contribution in [3.8, 4) is 16.9 Å². The zero-order valence-corrected chi connectivity index (χ0v) is 22.7. The van der Waals surface area contributed by atoms with Crippen LogP contribution in [-0.4, -0.2) is 61.2 Å². The van der Waals surface area contributed by atoms with Gasteiger partial charge in [-0.2, -0.15) is 0 Å². The lowest BCUT2D eigenvalue weighted by Crippen LogP contribution is -2.63. The van der Waals surface area contributed by atoms with Crippen LogP contribution in [0.5, 0.6) is 5.75 Å². The van der Waals surface area contributed by atoms with E-state index in [-0.39, 0.29) is 16.8 Å². The summed E-state index contributed by atoms with van der Waals surface area (Å²) in [4.78, 5) is 60.6. The van der Waals surface area contributed by atoms with Gasteiger partial charge in [0, 0.05) is 33.8 Å². The second kappa shape index (κ2) is 12.6. The fourth-order valence-electron chi connectivity index (χ4n) is 4.42. The van der Waals surface area contributed by atoms with Gasteiger partial charge in [0.05, 0.1) is 10.9 Å². The summed E-state index contributed by atoms with van der Waals surface area (Å²) in [6.07, 6.45) is -5.35. The number of benzene rings is 2. The van der Waals surface area contributed by atoms with Gasteiger partial charge in [-0.15, -0.1) is 0 Å². The quantitative estimate of drug-likeness (QED) is 0.290. The van der Waals surface area contributed by atoms with Gasteiger partial charge < -0.3 is 32.8 Å². The molecule has 0 spiro atoms. The molecule has 4 rings (SSSR count). The maximum Gasteiger partial charge on any atom is 0.303 e. The molecule has 2 heterocycles. The molecule has 0 radical (unpaired) electrons. The summed E-state index contributed by atoms with van der Waals surface area (Å²) in [5, 5.41) is 0.292. The van der Waals surface area contributed by atoms with Crippen LogP contribution in [0.4, 0.5) is 0 Å². The summed E-state index contributed by atoms with van der Waals surface area (Å²) in [5.41, 5.74) is 1.03. The van der Waals surface area contributed by atoms with Crippen molar-refractivity contribution in [1.29, 1.82) is 0 Å². The van der Waals surface area contributed by atoms with Gasteiger partial charge in [-0.3, -0.25) is 24.0 Å². The number of rotatable bonds is 8. The molecule has 5 atom stereocenters. The lowest BCUT2D eigenvalue weighted by Gasteiger charge is -2.43. The maximum absolute atomic E-state index is 13.1. The van der Waals surface area contributed by atoms with E-state index >= 15 is 0 Å². The molecule has 0 aliphatic carbocycles. The summed E-state index contributed by atoms with van der Waals surface area (Å²) in [6.45, 7) is 4.16. The first-order valence-electron chi connectivity index (χ1n) is 12.6. The zero-order valence-electron chi connectivity index (χ0n) is 22.7. The SMILES string of the molecule is CC(=O)OC[C@@H]1O[C@H](Oc2ccc3c(=O)c(-c4ccccc4)coc3c2)[C@H](OC(C)=O)[C@H](OC(C)=O)[C@@H]1OC(C)=O. The number of carbonyl (C=O) groups is 4. The predicted octanol–water partition coefficient (Wildman–Crippen LogP) is 2.92. The second-order valence-corrected chi connectivity index (χ2v) is 9.19. The van der Waals surface area contributed by atoms with Gasteiger partial charge in [0.2, 0.25) is 12.4 Å². The van der Waals surface area contributed by atoms with Crippen LogP contribution < -0.4 is 10.2 Å². The number of hydrogen-bond donors (Lipinski definition) is 0. The molecule has 0 unspecified atom stereocenters. The van der Waals surface area contributed by atoms with Gasteiger partial charge in [-0.25, -0.2) is 0 Å². The summed E-state index contributed by atoms with van der Waals surface area (Å²) < 4.78 is 38.9. The third kappa shape index (κ3) is 7.09. The van der Waals surface area contributed by atoms with Gasteiger partial charge in [-0.05, 0) is 17.7 Å². The van der Waals surface area contributed by atoms with Crippen molar-refractivity contribution in [3.63, 3.8) is 0 Å². The molecule has 1 aliphatic heterocycles. The number of ether oxygens (including phenoxy) is 6. The minimum Gasteiger partial charge on any atom is -0.463 e. The van der Waals surface area contributed by atoms with E-state index < -0.39 is 61.2 Å². The highest BCUT2D eigenvalue weighted by atomic mass is 16.7. The number of fused-ring (bicyclic) bond motifs is 1. The Kier molecular flexibility index (Phi) is 9.03. The number of hydrogen-bond acceptors (Lipinski definition) is 12. The van der Waals surface area contributed by atoms with Crippen molar-refractivity contribution in [2.24, 2.45) is 0 Å². The second-order valence-electron chi connectivity index (χ2n) is 9.19. The Balaban J connectivity index is 1.70. The van der Waals surface area contributed by atoms with Gasteiger partial charge in [-0.1, -0.05) is 30.3 Å². The van der Waals surface area contributed by atoms with E-state index in [1.54, 1.807) is 12.1 Å². The standard InChI is InChI=1S/C29H28O12/c1-15(30)35-14-24-26(37-16(2)31)27(38-17(3)32)28(39-18(4)33)29(41-24)40-20-10-11-21-23(12-20)36-13-22(25(21)34)19-8-6-5-7-9-19/h5-13,24,26-29H,14H2,1-4H3/t24-,26+,27+,28+,29-/m0/s1. The minimum absolute atomic E-state index is 0.147. The number of esters is 4. The first kappa shape index (κ1) is 29.3. The van der Waals surface area contributed by atoms with E-state index in [0.29, 0.717) is 16.5 Å². The van der Waals surface area contributed by atoms with Crippen LogP contribution in [0.1, 0.15) is 27.7 Å². The molecule has 0 N–H and O–H groups in total. The Morgan fingerprint density at radius 3 is 2.05 bits per heavy atom. The Morgan fingerprint density at radius 1 is 0.780 bits per heavy atom. The molecule has 41 heavy (non-hydrogen) atoms. The first-order valence-corrected chi connectivity index (χ1v) is 12.6.